The summed E-state index contributed by atoms with van der Waals surface area (Å²) in [6.45, 7) is 0. The van der Waals surface area contributed by atoms with E-state index in [-0.39, 0.29) is 10.9 Å². The number of carboxylic acids is 1. The summed E-state index contributed by atoms with van der Waals surface area (Å²) in [5, 5.41) is 9.09. The normalized spacial score (nSPS) is 10.7. The summed E-state index contributed by atoms with van der Waals surface area (Å²) in [5.41, 5.74) is 0.0818. The summed E-state index contributed by atoms with van der Waals surface area (Å²) < 4.78 is 14.0. The first-order valence-electron chi connectivity index (χ1n) is 3.70. The van der Waals surface area contributed by atoms with Gasteiger partial charge in [0.2, 0.25) is 0 Å². The van der Waals surface area contributed by atoms with Crippen molar-refractivity contribution in [1.29, 1.82) is 0 Å². The lowest BCUT2D eigenvalue weighted by atomic mass is 10.1. The topological polar surface area (TPSA) is 37.3 Å². The Balaban J connectivity index is 2.87. The highest BCUT2D eigenvalue weighted by Crippen LogP contribution is 2.33. The Kier molecular flexibility index (Phi) is 2.17. The molecule has 0 aliphatic rings. The second-order valence-corrected chi connectivity index (χ2v) is 4.38. The van der Waals surface area contributed by atoms with Crippen molar-refractivity contribution in [2.75, 3.05) is 0 Å². The van der Waals surface area contributed by atoms with E-state index in [1.165, 1.54) is 12.1 Å². The number of rotatable bonds is 1. The van der Waals surface area contributed by atoms with Crippen LogP contribution in [-0.2, 0) is 0 Å². The third-order valence-electron chi connectivity index (χ3n) is 1.83. The molecule has 72 valence electrons. The summed E-state index contributed by atoms with van der Waals surface area (Å²) in [6.07, 6.45) is 0. The van der Waals surface area contributed by atoms with Crippen molar-refractivity contribution in [3.63, 3.8) is 0 Å². The van der Waals surface area contributed by atoms with Crippen molar-refractivity contribution in [3.8, 4) is 0 Å². The molecule has 0 aliphatic carbocycles. The molecule has 2 rings (SSSR count). The summed E-state index contributed by atoms with van der Waals surface area (Å²) in [4.78, 5) is 10.8. The lowest BCUT2D eigenvalue weighted by Gasteiger charge is -1.96. The van der Waals surface area contributed by atoms with E-state index in [0.717, 1.165) is 17.4 Å². The van der Waals surface area contributed by atoms with Crippen LogP contribution in [-0.4, -0.2) is 11.1 Å². The molecule has 14 heavy (non-hydrogen) atoms. The predicted molar refractivity (Wildman–Crippen MR) is 53.8 cm³/mol. The number of halogens is 2. The smallest absolute Gasteiger partial charge is 0.337 e. The van der Waals surface area contributed by atoms with Crippen LogP contribution in [0.3, 0.4) is 0 Å². The van der Waals surface area contributed by atoms with Crippen molar-refractivity contribution in [1.82, 2.24) is 0 Å². The number of thiophene rings is 1. The average molecular weight is 231 g/mol. The third-order valence-corrected chi connectivity index (χ3v) is 3.13. The largest absolute Gasteiger partial charge is 0.478 e. The number of carbonyl (C=O) groups is 1. The van der Waals surface area contributed by atoms with E-state index >= 15 is 0 Å². The van der Waals surface area contributed by atoms with Crippen LogP contribution in [0.5, 0.6) is 0 Å². The van der Waals surface area contributed by atoms with Crippen LogP contribution >= 0.6 is 22.9 Å². The molecule has 5 heteroatoms. The van der Waals surface area contributed by atoms with E-state index < -0.39 is 11.8 Å². The highest BCUT2D eigenvalue weighted by atomic mass is 35.5. The molecule has 0 bridgehead atoms. The molecule has 0 spiro atoms. The van der Waals surface area contributed by atoms with Gasteiger partial charge in [-0.2, -0.15) is 0 Å². The lowest BCUT2D eigenvalue weighted by Crippen LogP contribution is -1.96. The van der Waals surface area contributed by atoms with Gasteiger partial charge in [0.1, 0.15) is 5.82 Å². The Bertz CT molecular complexity index is 521. The molecule has 0 atom stereocenters. The van der Waals surface area contributed by atoms with E-state index in [0.29, 0.717) is 9.04 Å². The van der Waals surface area contributed by atoms with Crippen LogP contribution in [0.2, 0.25) is 4.34 Å². The number of benzene rings is 1. The molecular formula is C9H4ClFO2S. The summed E-state index contributed by atoms with van der Waals surface area (Å²) >= 11 is 6.76. The van der Waals surface area contributed by atoms with Crippen LogP contribution in [0.15, 0.2) is 18.2 Å². The Labute approximate surface area is 87.5 Å². The minimum absolute atomic E-state index is 0.0818. The van der Waals surface area contributed by atoms with Gasteiger partial charge in [-0.15, -0.1) is 11.3 Å². The second kappa shape index (κ2) is 3.22. The summed E-state index contributed by atoms with van der Waals surface area (Å²) in [5.74, 6) is -1.53. The van der Waals surface area contributed by atoms with E-state index in [1.807, 2.05) is 0 Å². The molecule has 0 radical (unpaired) electrons. The lowest BCUT2D eigenvalue weighted by molar-refractivity contribution is 0.0699. The average Bonchev–Trinajstić information content (AvgIpc) is 2.47. The van der Waals surface area contributed by atoms with Gasteiger partial charge in [-0.05, 0) is 18.2 Å². The molecular weight excluding hydrogens is 227 g/mol. The first-order chi connectivity index (χ1) is 6.59. The maximum atomic E-state index is 13.2. The van der Waals surface area contributed by atoms with Gasteiger partial charge in [-0.1, -0.05) is 11.6 Å². The molecule has 0 saturated carbocycles. The zero-order valence-electron chi connectivity index (χ0n) is 6.75. The third kappa shape index (κ3) is 1.36. The highest BCUT2D eigenvalue weighted by Gasteiger charge is 2.14. The van der Waals surface area contributed by atoms with Gasteiger partial charge in [-0.25, -0.2) is 9.18 Å². The summed E-state index contributed by atoms with van der Waals surface area (Å²) in [7, 11) is 0. The van der Waals surface area contributed by atoms with Crippen LogP contribution in [0.25, 0.3) is 10.1 Å². The molecule has 0 unspecified atom stereocenters. The Morgan fingerprint density at radius 1 is 1.50 bits per heavy atom. The van der Waals surface area contributed by atoms with Gasteiger partial charge >= 0.3 is 5.97 Å². The molecule has 0 saturated heterocycles. The minimum Gasteiger partial charge on any atom is -0.478 e. The van der Waals surface area contributed by atoms with E-state index in [4.69, 9.17) is 16.7 Å². The molecule has 0 amide bonds. The second-order valence-electron chi connectivity index (χ2n) is 2.69. The van der Waals surface area contributed by atoms with Crippen LogP contribution in [0.4, 0.5) is 4.39 Å². The fourth-order valence-electron chi connectivity index (χ4n) is 1.23. The molecule has 1 N–H and O–H groups in total. The highest BCUT2D eigenvalue weighted by molar-refractivity contribution is 7.23. The monoisotopic (exact) mass is 230 g/mol. The van der Waals surface area contributed by atoms with Gasteiger partial charge in [0.25, 0.3) is 0 Å². The maximum Gasteiger partial charge on any atom is 0.337 e. The first kappa shape index (κ1) is 9.43. The SMILES string of the molecule is O=C(O)c1ccc(F)c2cc(Cl)sc12. The zero-order chi connectivity index (χ0) is 10.3. The van der Waals surface area contributed by atoms with Crippen LogP contribution in [0, 0.1) is 5.82 Å². The Morgan fingerprint density at radius 2 is 2.21 bits per heavy atom. The van der Waals surface area contributed by atoms with E-state index in [9.17, 15) is 9.18 Å². The predicted octanol–water partition coefficient (Wildman–Crippen LogP) is 3.39. The zero-order valence-corrected chi connectivity index (χ0v) is 8.32. The Hall–Kier alpha value is -1.13. The van der Waals surface area contributed by atoms with Gasteiger partial charge in [0.05, 0.1) is 14.6 Å². The van der Waals surface area contributed by atoms with Crippen molar-refractivity contribution in [2.45, 2.75) is 0 Å². The van der Waals surface area contributed by atoms with Crippen LogP contribution < -0.4 is 0 Å². The molecule has 1 aromatic carbocycles. The van der Waals surface area contributed by atoms with Gasteiger partial charge in [0, 0.05) is 5.39 Å². The van der Waals surface area contributed by atoms with Gasteiger partial charge < -0.3 is 5.11 Å². The fourth-order valence-corrected chi connectivity index (χ4v) is 2.47. The van der Waals surface area contributed by atoms with Crippen molar-refractivity contribution >= 4 is 39.0 Å². The number of carboxylic acid groups (broad SMARTS) is 1. The Morgan fingerprint density at radius 3 is 2.86 bits per heavy atom. The molecule has 0 fully saturated rings. The van der Waals surface area contributed by atoms with Gasteiger partial charge in [-0.3, -0.25) is 0 Å². The fraction of sp³-hybridized carbons (Fsp3) is 0. The van der Waals surface area contributed by atoms with E-state index in [1.54, 1.807) is 0 Å². The van der Waals surface area contributed by atoms with Gasteiger partial charge in [0.15, 0.2) is 0 Å². The molecule has 1 aromatic heterocycles. The quantitative estimate of drug-likeness (QED) is 0.815. The number of fused-ring (bicyclic) bond motifs is 1. The number of aromatic carboxylic acids is 1. The van der Waals surface area contributed by atoms with Crippen molar-refractivity contribution in [3.05, 3.63) is 33.9 Å². The molecule has 1 heterocycles. The number of hydrogen-bond acceptors (Lipinski definition) is 2. The first-order valence-corrected chi connectivity index (χ1v) is 4.90. The number of hydrogen-bond donors (Lipinski definition) is 1. The van der Waals surface area contributed by atoms with Crippen LogP contribution in [0.1, 0.15) is 10.4 Å². The standard InChI is InChI=1S/C9H4ClFO2S/c10-7-3-5-6(11)2-1-4(9(12)13)8(5)14-7/h1-3H,(H,12,13). The van der Waals surface area contributed by atoms with Crippen molar-refractivity contribution in [2.24, 2.45) is 0 Å². The van der Waals surface area contributed by atoms with Crippen molar-refractivity contribution < 1.29 is 14.3 Å². The molecule has 2 nitrogen and oxygen atoms in total. The van der Waals surface area contributed by atoms with E-state index in [2.05, 4.69) is 0 Å². The minimum atomic E-state index is -1.08. The molecule has 2 aromatic rings. The summed E-state index contributed by atoms with van der Waals surface area (Å²) in [6, 6.07) is 3.81. The molecule has 0 aliphatic heterocycles. The maximum absolute atomic E-state index is 13.2.